The topological polar surface area (TPSA) is 73.8 Å². The molecule has 0 aromatic carbocycles. The van der Waals surface area contributed by atoms with Gasteiger partial charge in [-0.15, -0.1) is 24.0 Å². The summed E-state index contributed by atoms with van der Waals surface area (Å²) in [5, 5.41) is 6.52. The largest absolute Gasteiger partial charge is 0.355 e. The Morgan fingerprint density at radius 1 is 1.23 bits per heavy atom. The fourth-order valence-electron chi connectivity index (χ4n) is 2.11. The van der Waals surface area contributed by atoms with Gasteiger partial charge in [-0.1, -0.05) is 13.8 Å². The molecule has 22 heavy (non-hydrogen) atoms. The zero-order chi connectivity index (χ0) is 16.5. The summed E-state index contributed by atoms with van der Waals surface area (Å²) < 4.78 is 22.3. The third kappa shape index (κ3) is 11.5. The first-order chi connectivity index (χ1) is 9.73. The molecule has 0 aliphatic rings. The molecule has 6 nitrogen and oxygen atoms in total. The minimum Gasteiger partial charge on any atom is -0.355 e. The molecule has 0 saturated carbocycles. The van der Waals surface area contributed by atoms with Gasteiger partial charge in [-0.05, 0) is 33.4 Å². The van der Waals surface area contributed by atoms with E-state index in [1.807, 2.05) is 6.92 Å². The van der Waals surface area contributed by atoms with E-state index in [0.29, 0.717) is 12.5 Å². The maximum atomic E-state index is 11.2. The van der Waals surface area contributed by atoms with Crippen molar-refractivity contribution < 1.29 is 8.42 Å². The van der Waals surface area contributed by atoms with E-state index in [1.165, 1.54) is 6.26 Å². The Morgan fingerprint density at radius 2 is 1.77 bits per heavy atom. The number of hydrogen-bond acceptors (Lipinski definition) is 4. The van der Waals surface area contributed by atoms with Crippen LogP contribution >= 0.6 is 24.0 Å². The van der Waals surface area contributed by atoms with Gasteiger partial charge in [0.15, 0.2) is 5.96 Å². The molecule has 0 spiro atoms. The zero-order valence-corrected chi connectivity index (χ0v) is 17.9. The van der Waals surface area contributed by atoms with Gasteiger partial charge in [-0.3, -0.25) is 9.89 Å². The molecule has 0 rings (SSSR count). The van der Waals surface area contributed by atoms with Crippen LogP contribution in [-0.4, -0.2) is 70.1 Å². The molecule has 0 aromatic heterocycles. The standard InChI is InChI=1S/C14H32N4O2S.HI/c1-7-18(8-2)13(4)11-16-14(15-5)17-12(3)9-10-21(6,19)20;/h12-13H,7-11H2,1-6H3,(H2,15,16,17);1H. The first kappa shape index (κ1) is 24.2. The molecule has 0 saturated heterocycles. The van der Waals surface area contributed by atoms with Crippen LogP contribution in [0.2, 0.25) is 0 Å². The van der Waals surface area contributed by atoms with Gasteiger partial charge >= 0.3 is 0 Å². The van der Waals surface area contributed by atoms with Gasteiger partial charge in [-0.25, -0.2) is 8.42 Å². The van der Waals surface area contributed by atoms with Crippen LogP contribution in [0.1, 0.15) is 34.1 Å². The smallest absolute Gasteiger partial charge is 0.191 e. The summed E-state index contributed by atoms with van der Waals surface area (Å²) in [6.07, 6.45) is 1.84. The minimum absolute atomic E-state index is 0. The van der Waals surface area contributed by atoms with Crippen molar-refractivity contribution in [1.82, 2.24) is 15.5 Å². The highest BCUT2D eigenvalue weighted by Crippen LogP contribution is 1.98. The summed E-state index contributed by atoms with van der Waals surface area (Å²) in [6, 6.07) is 0.486. The Balaban J connectivity index is 0. The fourth-order valence-corrected chi connectivity index (χ4v) is 2.89. The zero-order valence-electron chi connectivity index (χ0n) is 14.7. The molecule has 0 fully saturated rings. The fraction of sp³-hybridized carbons (Fsp3) is 0.929. The molecule has 2 atom stereocenters. The third-order valence-electron chi connectivity index (χ3n) is 3.53. The minimum atomic E-state index is -2.91. The van der Waals surface area contributed by atoms with Crippen molar-refractivity contribution in [1.29, 1.82) is 0 Å². The lowest BCUT2D eigenvalue weighted by atomic mass is 10.2. The van der Waals surface area contributed by atoms with Crippen LogP contribution in [0.3, 0.4) is 0 Å². The molecule has 8 heteroatoms. The lowest BCUT2D eigenvalue weighted by Gasteiger charge is -2.27. The quantitative estimate of drug-likeness (QED) is 0.316. The van der Waals surface area contributed by atoms with E-state index in [4.69, 9.17) is 0 Å². The first-order valence-corrected chi connectivity index (χ1v) is 9.68. The lowest BCUT2D eigenvalue weighted by Crippen LogP contribution is -2.48. The Labute approximate surface area is 153 Å². The van der Waals surface area contributed by atoms with Crippen LogP contribution in [-0.2, 0) is 9.84 Å². The van der Waals surface area contributed by atoms with Crippen LogP contribution in [0, 0.1) is 0 Å². The van der Waals surface area contributed by atoms with Crippen LogP contribution < -0.4 is 10.6 Å². The van der Waals surface area contributed by atoms with Gasteiger partial charge in [0.1, 0.15) is 9.84 Å². The maximum Gasteiger partial charge on any atom is 0.191 e. The number of hydrogen-bond donors (Lipinski definition) is 2. The second-order valence-electron chi connectivity index (χ2n) is 5.49. The molecule has 2 N–H and O–H groups in total. The van der Waals surface area contributed by atoms with Crippen molar-refractivity contribution in [3.05, 3.63) is 0 Å². The van der Waals surface area contributed by atoms with Crippen LogP contribution in [0.4, 0.5) is 0 Å². The van der Waals surface area contributed by atoms with Crippen molar-refractivity contribution >= 4 is 39.8 Å². The predicted octanol–water partition coefficient (Wildman–Crippen LogP) is 1.32. The number of likely N-dealkylation sites (N-methyl/N-ethyl adjacent to an activating group) is 1. The number of rotatable bonds is 9. The van der Waals surface area contributed by atoms with E-state index in [0.717, 1.165) is 25.6 Å². The number of halogens is 1. The summed E-state index contributed by atoms with van der Waals surface area (Å²) in [7, 11) is -1.19. The summed E-state index contributed by atoms with van der Waals surface area (Å²) in [5.74, 6) is 0.906. The van der Waals surface area contributed by atoms with E-state index >= 15 is 0 Å². The van der Waals surface area contributed by atoms with Crippen molar-refractivity contribution in [3.63, 3.8) is 0 Å². The molecule has 0 heterocycles. The molecule has 0 bridgehead atoms. The van der Waals surface area contributed by atoms with Gasteiger partial charge in [-0.2, -0.15) is 0 Å². The molecule has 0 amide bonds. The maximum absolute atomic E-state index is 11.2. The molecule has 0 aromatic rings. The van der Waals surface area contributed by atoms with E-state index in [2.05, 4.69) is 41.3 Å². The Kier molecular flexibility index (Phi) is 13.6. The van der Waals surface area contributed by atoms with Crippen LogP contribution in [0.5, 0.6) is 0 Å². The van der Waals surface area contributed by atoms with Gasteiger partial charge in [0.25, 0.3) is 0 Å². The second-order valence-corrected chi connectivity index (χ2v) is 7.75. The number of sulfone groups is 1. The van der Waals surface area contributed by atoms with Gasteiger partial charge in [0.2, 0.25) is 0 Å². The molecule has 0 aliphatic heterocycles. The van der Waals surface area contributed by atoms with E-state index < -0.39 is 9.84 Å². The summed E-state index contributed by atoms with van der Waals surface area (Å²) in [4.78, 5) is 6.55. The van der Waals surface area contributed by atoms with Crippen LogP contribution in [0.15, 0.2) is 4.99 Å². The number of nitrogens with one attached hydrogen (secondary N) is 2. The summed E-state index contributed by atoms with van der Waals surface area (Å²) in [6.45, 7) is 11.3. The highest BCUT2D eigenvalue weighted by atomic mass is 127. The molecular weight excluding hydrogens is 415 g/mol. The monoisotopic (exact) mass is 448 g/mol. The van der Waals surface area contributed by atoms with E-state index in [-0.39, 0.29) is 35.8 Å². The van der Waals surface area contributed by atoms with Crippen molar-refractivity contribution in [2.75, 3.05) is 38.7 Å². The molecular formula is C14H33IN4O2S. The van der Waals surface area contributed by atoms with E-state index in [9.17, 15) is 8.42 Å². The van der Waals surface area contributed by atoms with Crippen molar-refractivity contribution in [2.24, 2.45) is 4.99 Å². The van der Waals surface area contributed by atoms with Crippen molar-refractivity contribution in [2.45, 2.75) is 46.2 Å². The summed E-state index contributed by atoms with van der Waals surface area (Å²) >= 11 is 0. The lowest BCUT2D eigenvalue weighted by molar-refractivity contribution is 0.231. The number of guanidine groups is 1. The average molecular weight is 448 g/mol. The highest BCUT2D eigenvalue weighted by Gasteiger charge is 2.12. The SMILES string of the molecule is CCN(CC)C(C)CNC(=NC)NC(C)CCS(C)(=O)=O.I. The van der Waals surface area contributed by atoms with Gasteiger partial charge in [0.05, 0.1) is 5.75 Å². The Bertz CT molecular complexity index is 411. The van der Waals surface area contributed by atoms with Gasteiger partial charge in [0, 0.05) is 31.9 Å². The molecule has 0 radical (unpaired) electrons. The third-order valence-corrected chi connectivity index (χ3v) is 4.51. The Morgan fingerprint density at radius 3 is 2.18 bits per heavy atom. The first-order valence-electron chi connectivity index (χ1n) is 7.62. The second kappa shape index (κ2) is 12.3. The number of nitrogens with zero attached hydrogens (tertiary/aromatic N) is 2. The van der Waals surface area contributed by atoms with Crippen molar-refractivity contribution in [3.8, 4) is 0 Å². The molecule has 134 valence electrons. The predicted molar refractivity (Wildman–Crippen MR) is 106 cm³/mol. The highest BCUT2D eigenvalue weighted by molar-refractivity contribution is 14.0. The molecule has 0 aliphatic carbocycles. The normalized spacial score (nSPS) is 15.1. The van der Waals surface area contributed by atoms with Gasteiger partial charge < -0.3 is 10.6 Å². The van der Waals surface area contributed by atoms with Crippen LogP contribution in [0.25, 0.3) is 0 Å². The average Bonchev–Trinajstić information content (AvgIpc) is 2.41. The summed E-state index contributed by atoms with van der Waals surface area (Å²) in [5.41, 5.74) is 0. The molecule has 2 unspecified atom stereocenters. The van der Waals surface area contributed by atoms with E-state index in [1.54, 1.807) is 7.05 Å². The Hall–Kier alpha value is -0.0900. The number of aliphatic imine (C=N–C) groups is 1.